The highest BCUT2D eigenvalue weighted by Crippen LogP contribution is 2.24. The lowest BCUT2D eigenvalue weighted by Gasteiger charge is -2.19. The fourth-order valence-electron chi connectivity index (χ4n) is 3.39. The van der Waals surface area contributed by atoms with E-state index >= 15 is 0 Å². The Morgan fingerprint density at radius 2 is 1.58 bits per heavy atom. The second-order valence-corrected chi connectivity index (χ2v) is 7.16. The predicted molar refractivity (Wildman–Crippen MR) is 120 cm³/mol. The van der Waals surface area contributed by atoms with Gasteiger partial charge in [-0.2, -0.15) is 0 Å². The van der Waals surface area contributed by atoms with Crippen LogP contribution in [0.5, 0.6) is 5.75 Å². The van der Waals surface area contributed by atoms with Gasteiger partial charge in [0.15, 0.2) is 0 Å². The number of carbonyl (C=O) groups is 2. The molecule has 0 saturated heterocycles. The SMILES string of the molecule is CCOc1cc(Cc2ccccc2)ccc1C[C@H](NC(=O)c1ccccc1)C(=O)OC. The van der Waals surface area contributed by atoms with E-state index in [4.69, 9.17) is 9.47 Å². The Balaban J connectivity index is 1.80. The number of ether oxygens (including phenoxy) is 2. The zero-order valence-electron chi connectivity index (χ0n) is 17.8. The quantitative estimate of drug-likeness (QED) is 0.530. The number of carbonyl (C=O) groups excluding carboxylic acids is 2. The molecule has 1 atom stereocenters. The monoisotopic (exact) mass is 417 g/mol. The maximum Gasteiger partial charge on any atom is 0.328 e. The molecule has 1 amide bonds. The van der Waals surface area contributed by atoms with E-state index in [1.807, 2.05) is 49.4 Å². The summed E-state index contributed by atoms with van der Waals surface area (Å²) in [6.45, 7) is 2.42. The molecule has 5 nitrogen and oxygen atoms in total. The van der Waals surface area contributed by atoms with E-state index < -0.39 is 12.0 Å². The molecule has 0 unspecified atom stereocenters. The van der Waals surface area contributed by atoms with Crippen LogP contribution in [0.4, 0.5) is 0 Å². The van der Waals surface area contributed by atoms with Crippen molar-refractivity contribution in [1.29, 1.82) is 0 Å². The molecule has 0 spiro atoms. The van der Waals surface area contributed by atoms with Gasteiger partial charge in [-0.1, -0.05) is 60.7 Å². The van der Waals surface area contributed by atoms with Crippen LogP contribution >= 0.6 is 0 Å². The Kier molecular flexibility index (Phi) is 7.82. The third-order valence-electron chi connectivity index (χ3n) is 4.93. The lowest BCUT2D eigenvalue weighted by molar-refractivity contribution is -0.142. The van der Waals surface area contributed by atoms with Gasteiger partial charge in [0.1, 0.15) is 11.8 Å². The summed E-state index contributed by atoms with van der Waals surface area (Å²) in [7, 11) is 1.32. The summed E-state index contributed by atoms with van der Waals surface area (Å²) in [5, 5.41) is 2.79. The first-order valence-electron chi connectivity index (χ1n) is 10.3. The minimum absolute atomic E-state index is 0.270. The summed E-state index contributed by atoms with van der Waals surface area (Å²) in [6.07, 6.45) is 1.05. The van der Waals surface area contributed by atoms with Crippen LogP contribution in [0.1, 0.15) is 34.0 Å². The van der Waals surface area contributed by atoms with Gasteiger partial charge in [0.25, 0.3) is 5.91 Å². The highest BCUT2D eigenvalue weighted by molar-refractivity contribution is 5.96. The van der Waals surface area contributed by atoms with Gasteiger partial charge in [0.2, 0.25) is 0 Å². The van der Waals surface area contributed by atoms with Gasteiger partial charge in [-0.3, -0.25) is 4.79 Å². The van der Waals surface area contributed by atoms with Crippen molar-refractivity contribution in [2.75, 3.05) is 13.7 Å². The van der Waals surface area contributed by atoms with Crippen LogP contribution in [0.3, 0.4) is 0 Å². The lowest BCUT2D eigenvalue weighted by atomic mass is 9.99. The lowest BCUT2D eigenvalue weighted by Crippen LogP contribution is -2.43. The molecular formula is C26H27NO4. The maximum atomic E-state index is 12.6. The first-order valence-corrected chi connectivity index (χ1v) is 10.3. The van der Waals surface area contributed by atoms with E-state index in [0.717, 1.165) is 17.5 Å². The molecule has 160 valence electrons. The fraction of sp³-hybridized carbons (Fsp3) is 0.231. The third kappa shape index (κ3) is 6.19. The molecule has 1 N–H and O–H groups in total. The molecule has 3 aromatic carbocycles. The van der Waals surface area contributed by atoms with Crippen LogP contribution in [0.2, 0.25) is 0 Å². The third-order valence-corrected chi connectivity index (χ3v) is 4.93. The summed E-state index contributed by atoms with van der Waals surface area (Å²) in [5.74, 6) is -0.117. The predicted octanol–water partition coefficient (Wildman–Crippen LogP) is 4.19. The average Bonchev–Trinajstić information content (AvgIpc) is 2.81. The van der Waals surface area contributed by atoms with Crippen LogP contribution in [0.15, 0.2) is 78.9 Å². The summed E-state index contributed by atoms with van der Waals surface area (Å²) in [5.41, 5.74) is 3.64. The van der Waals surface area contributed by atoms with E-state index in [2.05, 4.69) is 17.4 Å². The largest absolute Gasteiger partial charge is 0.494 e. The standard InChI is InChI=1S/C26H27NO4/c1-3-31-24-17-20(16-19-10-6-4-7-11-19)14-15-22(24)18-23(26(29)30-2)27-25(28)21-12-8-5-9-13-21/h4-15,17,23H,3,16,18H2,1-2H3,(H,27,28)/t23-/m0/s1. The minimum Gasteiger partial charge on any atom is -0.494 e. The molecule has 0 aliphatic carbocycles. The molecule has 0 aliphatic heterocycles. The van der Waals surface area contributed by atoms with E-state index in [0.29, 0.717) is 17.9 Å². The summed E-state index contributed by atoms with van der Waals surface area (Å²) >= 11 is 0. The highest BCUT2D eigenvalue weighted by Gasteiger charge is 2.24. The molecule has 5 heteroatoms. The van der Waals surface area contributed by atoms with Crippen molar-refractivity contribution < 1.29 is 19.1 Å². The number of esters is 1. The number of rotatable bonds is 9. The normalized spacial score (nSPS) is 11.4. The zero-order valence-corrected chi connectivity index (χ0v) is 17.8. The molecule has 0 saturated carbocycles. The summed E-state index contributed by atoms with van der Waals surface area (Å²) in [6, 6.07) is 24.1. The molecule has 0 fully saturated rings. The molecule has 0 aliphatic rings. The highest BCUT2D eigenvalue weighted by atomic mass is 16.5. The topological polar surface area (TPSA) is 64.6 Å². The molecule has 0 bridgehead atoms. The van der Waals surface area contributed by atoms with Crippen LogP contribution in [-0.4, -0.2) is 31.6 Å². The Labute approximate surface area is 183 Å². The second-order valence-electron chi connectivity index (χ2n) is 7.16. The number of methoxy groups -OCH3 is 1. The van der Waals surface area contributed by atoms with Crippen molar-refractivity contribution in [2.45, 2.75) is 25.8 Å². The van der Waals surface area contributed by atoms with Crippen molar-refractivity contribution in [3.63, 3.8) is 0 Å². The molecule has 3 rings (SSSR count). The van der Waals surface area contributed by atoms with Crippen molar-refractivity contribution >= 4 is 11.9 Å². The Morgan fingerprint density at radius 1 is 0.903 bits per heavy atom. The minimum atomic E-state index is -0.822. The van der Waals surface area contributed by atoms with Gasteiger partial charge in [-0.15, -0.1) is 0 Å². The van der Waals surface area contributed by atoms with Crippen LogP contribution < -0.4 is 10.1 Å². The Morgan fingerprint density at radius 3 is 2.23 bits per heavy atom. The Hall–Kier alpha value is -3.60. The van der Waals surface area contributed by atoms with Crippen molar-refractivity contribution in [3.05, 3.63) is 101 Å². The van der Waals surface area contributed by atoms with Gasteiger partial charge in [0.05, 0.1) is 13.7 Å². The van der Waals surface area contributed by atoms with E-state index in [1.54, 1.807) is 24.3 Å². The number of hydrogen-bond donors (Lipinski definition) is 1. The maximum absolute atomic E-state index is 12.6. The van der Waals surface area contributed by atoms with E-state index in [9.17, 15) is 9.59 Å². The number of amides is 1. The molecule has 3 aromatic rings. The van der Waals surface area contributed by atoms with E-state index in [1.165, 1.54) is 12.7 Å². The molecule has 0 aromatic heterocycles. The average molecular weight is 418 g/mol. The molecule has 31 heavy (non-hydrogen) atoms. The number of benzene rings is 3. The van der Waals surface area contributed by atoms with Gasteiger partial charge in [-0.05, 0) is 48.2 Å². The first kappa shape index (κ1) is 22.1. The summed E-state index contributed by atoms with van der Waals surface area (Å²) < 4.78 is 10.8. The van der Waals surface area contributed by atoms with Crippen LogP contribution in [0, 0.1) is 0 Å². The second kappa shape index (κ2) is 11.0. The number of hydrogen-bond acceptors (Lipinski definition) is 4. The van der Waals surface area contributed by atoms with E-state index in [-0.39, 0.29) is 12.3 Å². The van der Waals surface area contributed by atoms with Crippen LogP contribution in [-0.2, 0) is 22.4 Å². The molecular weight excluding hydrogens is 390 g/mol. The van der Waals surface area contributed by atoms with Crippen molar-refractivity contribution in [2.24, 2.45) is 0 Å². The smallest absolute Gasteiger partial charge is 0.328 e. The zero-order chi connectivity index (χ0) is 22.1. The Bertz CT molecular complexity index is 1000. The summed E-state index contributed by atoms with van der Waals surface area (Å²) in [4.78, 5) is 25.0. The fourth-order valence-corrected chi connectivity index (χ4v) is 3.39. The molecule has 0 heterocycles. The van der Waals surface area contributed by atoms with Gasteiger partial charge < -0.3 is 14.8 Å². The molecule has 0 radical (unpaired) electrons. The van der Waals surface area contributed by atoms with Crippen LogP contribution in [0.25, 0.3) is 0 Å². The first-order chi connectivity index (χ1) is 15.1. The van der Waals surface area contributed by atoms with Gasteiger partial charge in [0, 0.05) is 12.0 Å². The van der Waals surface area contributed by atoms with Gasteiger partial charge >= 0.3 is 5.97 Å². The van der Waals surface area contributed by atoms with Gasteiger partial charge in [-0.25, -0.2) is 4.79 Å². The van der Waals surface area contributed by atoms with Crippen molar-refractivity contribution in [1.82, 2.24) is 5.32 Å². The number of nitrogens with one attached hydrogen (secondary N) is 1. The van der Waals surface area contributed by atoms with Crippen molar-refractivity contribution in [3.8, 4) is 5.75 Å².